The maximum absolute atomic E-state index is 13.3. The van der Waals surface area contributed by atoms with Gasteiger partial charge in [-0.25, -0.2) is 8.42 Å². The molecule has 0 amide bonds. The van der Waals surface area contributed by atoms with Crippen molar-refractivity contribution in [3.63, 3.8) is 0 Å². The van der Waals surface area contributed by atoms with Crippen LogP contribution in [0.3, 0.4) is 0 Å². The Morgan fingerprint density at radius 2 is 1.80 bits per heavy atom. The molecule has 3 heterocycles. The summed E-state index contributed by atoms with van der Waals surface area (Å²) in [4.78, 5) is 0.406. The molecular weight excluding hydrogens is 418 g/mol. The first kappa shape index (κ1) is 19.7. The van der Waals surface area contributed by atoms with E-state index in [-0.39, 0.29) is 5.54 Å². The van der Waals surface area contributed by atoms with Gasteiger partial charge in [0.25, 0.3) is 0 Å². The minimum Gasteiger partial charge on any atom is -0.372 e. The quantitative estimate of drug-likeness (QED) is 0.618. The molecule has 2 aromatic carbocycles. The second kappa shape index (κ2) is 6.87. The second-order valence-electron chi connectivity index (χ2n) is 8.31. The zero-order valence-corrected chi connectivity index (χ0v) is 18.6. The summed E-state index contributed by atoms with van der Waals surface area (Å²) in [7, 11) is -3.51. The van der Waals surface area contributed by atoms with Crippen LogP contribution in [-0.4, -0.2) is 30.4 Å². The predicted molar refractivity (Wildman–Crippen MR) is 120 cm³/mol. The molecule has 1 saturated heterocycles. The van der Waals surface area contributed by atoms with Crippen molar-refractivity contribution < 1.29 is 8.42 Å². The number of sulfonamides is 1. The Morgan fingerprint density at radius 3 is 2.53 bits per heavy atom. The Kier molecular flexibility index (Phi) is 4.51. The van der Waals surface area contributed by atoms with Crippen LogP contribution in [0.4, 0.5) is 5.69 Å². The van der Waals surface area contributed by atoms with Gasteiger partial charge in [-0.2, -0.15) is 4.31 Å². The Balaban J connectivity index is 1.45. The first-order valence-electron chi connectivity index (χ1n) is 10.1. The number of hydrogen-bond donors (Lipinski definition) is 1. The molecule has 1 fully saturated rings. The van der Waals surface area contributed by atoms with Crippen LogP contribution in [0.15, 0.2) is 59.6 Å². The number of halogens is 1. The molecule has 1 spiro atoms. The number of piperidine rings is 1. The molecule has 156 valence electrons. The van der Waals surface area contributed by atoms with Gasteiger partial charge in [0.2, 0.25) is 10.0 Å². The number of fused-ring (bicyclic) bond motifs is 4. The van der Waals surface area contributed by atoms with Crippen LogP contribution in [0.5, 0.6) is 0 Å². The summed E-state index contributed by atoms with van der Waals surface area (Å²) < 4.78 is 30.4. The summed E-state index contributed by atoms with van der Waals surface area (Å²) in [5.41, 5.74) is 4.77. The number of hydrogen-bond acceptors (Lipinski definition) is 3. The van der Waals surface area contributed by atoms with Crippen molar-refractivity contribution in [2.75, 3.05) is 18.4 Å². The first-order valence-corrected chi connectivity index (χ1v) is 12.0. The highest BCUT2D eigenvalue weighted by Crippen LogP contribution is 2.44. The van der Waals surface area contributed by atoms with Crippen molar-refractivity contribution in [2.24, 2.45) is 0 Å². The lowest BCUT2D eigenvalue weighted by Crippen LogP contribution is -2.51. The molecule has 0 aliphatic carbocycles. The average molecular weight is 442 g/mol. The van der Waals surface area contributed by atoms with Gasteiger partial charge in [-0.05, 0) is 68.7 Å². The van der Waals surface area contributed by atoms with Crippen LogP contribution < -0.4 is 5.32 Å². The van der Waals surface area contributed by atoms with E-state index in [1.54, 1.807) is 10.4 Å². The number of aryl methyl sites for hydroxylation is 2. The minimum atomic E-state index is -3.51. The predicted octanol–water partition coefficient (Wildman–Crippen LogP) is 4.85. The molecule has 0 radical (unpaired) electrons. The summed E-state index contributed by atoms with van der Waals surface area (Å²) >= 11 is 6.22. The molecule has 0 saturated carbocycles. The molecule has 2 aliphatic rings. The maximum Gasteiger partial charge on any atom is 0.243 e. The number of nitrogens with zero attached hydrogens (tertiary/aromatic N) is 2. The first-order chi connectivity index (χ1) is 14.3. The van der Waals surface area contributed by atoms with E-state index in [0.717, 1.165) is 28.2 Å². The van der Waals surface area contributed by atoms with Crippen molar-refractivity contribution in [1.29, 1.82) is 0 Å². The highest BCUT2D eigenvalue weighted by atomic mass is 35.5. The molecule has 0 atom stereocenters. The molecular formula is C23H24ClN3O2S. The smallest absolute Gasteiger partial charge is 0.243 e. The van der Waals surface area contributed by atoms with Gasteiger partial charge in [0, 0.05) is 30.0 Å². The van der Waals surface area contributed by atoms with Crippen molar-refractivity contribution in [2.45, 2.75) is 37.1 Å². The van der Waals surface area contributed by atoms with Crippen LogP contribution in [-0.2, 0) is 15.6 Å². The van der Waals surface area contributed by atoms with E-state index in [1.807, 2.05) is 56.4 Å². The van der Waals surface area contributed by atoms with E-state index >= 15 is 0 Å². The van der Waals surface area contributed by atoms with Crippen molar-refractivity contribution in [1.82, 2.24) is 8.87 Å². The lowest BCUT2D eigenvalue weighted by atomic mass is 9.83. The Labute approximate surface area is 182 Å². The standard InChI is InChI=1S/C23H24ClN3O2S/c1-16-5-8-21(17(2)14-16)30(28,29)26-12-9-23(10-13-26)22-4-3-11-27(22)20-15-18(24)6-7-19(20)25-23/h3-8,11,14-15,25H,9-10,12-13H2,1-2H3. The second-order valence-corrected chi connectivity index (χ2v) is 10.6. The van der Waals surface area contributed by atoms with Crippen LogP contribution >= 0.6 is 11.6 Å². The Hall–Kier alpha value is -2.28. The third kappa shape index (κ3) is 2.97. The van der Waals surface area contributed by atoms with Gasteiger partial charge < -0.3 is 9.88 Å². The van der Waals surface area contributed by atoms with Crippen LogP contribution in [0.2, 0.25) is 5.02 Å². The van der Waals surface area contributed by atoms with Gasteiger partial charge in [0.05, 0.1) is 21.8 Å². The fraction of sp³-hybridized carbons (Fsp3) is 0.304. The van der Waals surface area contributed by atoms with Gasteiger partial charge in [-0.1, -0.05) is 29.3 Å². The monoisotopic (exact) mass is 441 g/mol. The largest absolute Gasteiger partial charge is 0.372 e. The minimum absolute atomic E-state index is 0.293. The normalized spacial score (nSPS) is 18.0. The van der Waals surface area contributed by atoms with Crippen LogP contribution in [0.1, 0.15) is 29.7 Å². The fourth-order valence-electron chi connectivity index (χ4n) is 4.83. The molecule has 5 rings (SSSR count). The number of benzene rings is 2. The zero-order valence-electron chi connectivity index (χ0n) is 17.0. The lowest BCUT2D eigenvalue weighted by molar-refractivity contribution is 0.247. The molecule has 2 aliphatic heterocycles. The SMILES string of the molecule is Cc1ccc(S(=O)(=O)N2CCC3(CC2)Nc2ccc(Cl)cc2-n2cccc23)c(C)c1. The van der Waals surface area contributed by atoms with E-state index in [2.05, 4.69) is 16.0 Å². The fourth-order valence-corrected chi connectivity index (χ4v) is 6.64. The molecule has 3 aromatic rings. The summed E-state index contributed by atoms with van der Waals surface area (Å²) in [5, 5.41) is 4.41. The van der Waals surface area contributed by atoms with Crippen LogP contribution in [0.25, 0.3) is 5.69 Å². The lowest BCUT2D eigenvalue weighted by Gasteiger charge is -2.46. The van der Waals surface area contributed by atoms with Gasteiger partial charge in [0.1, 0.15) is 0 Å². The van der Waals surface area contributed by atoms with E-state index in [4.69, 9.17) is 11.6 Å². The average Bonchev–Trinajstić information content (AvgIpc) is 3.20. The Morgan fingerprint density at radius 1 is 1.03 bits per heavy atom. The van der Waals surface area contributed by atoms with Crippen molar-refractivity contribution in [3.8, 4) is 5.69 Å². The molecule has 30 heavy (non-hydrogen) atoms. The summed E-state index contributed by atoms with van der Waals surface area (Å²) in [6, 6.07) is 15.5. The molecule has 0 unspecified atom stereocenters. The van der Waals surface area contributed by atoms with Gasteiger partial charge in [-0.3, -0.25) is 0 Å². The number of rotatable bonds is 2. The molecule has 1 N–H and O–H groups in total. The molecule has 0 bridgehead atoms. The number of nitrogens with one attached hydrogen (secondary N) is 1. The van der Waals surface area contributed by atoms with Gasteiger partial charge >= 0.3 is 0 Å². The zero-order chi connectivity index (χ0) is 21.1. The van der Waals surface area contributed by atoms with E-state index in [1.165, 1.54) is 0 Å². The molecule has 7 heteroatoms. The highest BCUT2D eigenvalue weighted by molar-refractivity contribution is 7.89. The maximum atomic E-state index is 13.3. The van der Waals surface area contributed by atoms with E-state index in [0.29, 0.717) is 35.8 Å². The Bertz CT molecular complexity index is 1240. The number of aromatic nitrogens is 1. The summed E-state index contributed by atoms with van der Waals surface area (Å²) in [6.45, 7) is 4.78. The van der Waals surface area contributed by atoms with Crippen molar-refractivity contribution >= 4 is 27.3 Å². The molecule has 1 aromatic heterocycles. The molecule has 5 nitrogen and oxygen atoms in total. The highest BCUT2D eigenvalue weighted by Gasteiger charge is 2.44. The van der Waals surface area contributed by atoms with Gasteiger partial charge in [0.15, 0.2) is 0 Å². The van der Waals surface area contributed by atoms with E-state index in [9.17, 15) is 8.42 Å². The summed E-state index contributed by atoms with van der Waals surface area (Å²) in [6.07, 6.45) is 3.44. The van der Waals surface area contributed by atoms with Crippen molar-refractivity contribution in [3.05, 3.63) is 76.6 Å². The summed E-state index contributed by atoms with van der Waals surface area (Å²) in [5.74, 6) is 0. The number of anilines is 1. The topological polar surface area (TPSA) is 54.3 Å². The van der Waals surface area contributed by atoms with E-state index < -0.39 is 10.0 Å². The van der Waals surface area contributed by atoms with Gasteiger partial charge in [-0.15, -0.1) is 0 Å². The third-order valence-corrected chi connectivity index (χ3v) is 8.65. The van der Waals surface area contributed by atoms with Crippen LogP contribution in [0, 0.1) is 13.8 Å². The third-order valence-electron chi connectivity index (χ3n) is 6.36.